The number of rotatable bonds is 1. The molecule has 2 aliphatic heterocycles. The van der Waals surface area contributed by atoms with E-state index < -0.39 is 0 Å². The van der Waals surface area contributed by atoms with Crippen LogP contribution in [-0.2, 0) is 0 Å². The summed E-state index contributed by atoms with van der Waals surface area (Å²) in [5.41, 5.74) is 0. The zero-order chi connectivity index (χ0) is 11.0. The summed E-state index contributed by atoms with van der Waals surface area (Å²) in [5.74, 6) is 1.93. The predicted octanol–water partition coefficient (Wildman–Crippen LogP) is 2.25. The SMILES string of the molecule is CC1CCCC(N2CCC3NCCC3C2)C1. The van der Waals surface area contributed by atoms with Gasteiger partial charge in [0.2, 0.25) is 0 Å². The average Bonchev–Trinajstić information content (AvgIpc) is 2.75. The van der Waals surface area contributed by atoms with E-state index in [4.69, 9.17) is 0 Å². The summed E-state index contributed by atoms with van der Waals surface area (Å²) in [7, 11) is 0. The minimum Gasteiger partial charge on any atom is -0.314 e. The lowest BCUT2D eigenvalue weighted by molar-refractivity contribution is 0.0796. The molecule has 0 aromatic carbocycles. The van der Waals surface area contributed by atoms with Crippen LogP contribution in [-0.4, -0.2) is 36.6 Å². The molecule has 0 radical (unpaired) electrons. The number of hydrogen-bond donors (Lipinski definition) is 1. The van der Waals surface area contributed by atoms with Gasteiger partial charge >= 0.3 is 0 Å². The molecular formula is C14H26N2. The highest BCUT2D eigenvalue weighted by molar-refractivity contribution is 4.92. The van der Waals surface area contributed by atoms with Crippen LogP contribution < -0.4 is 5.32 Å². The maximum atomic E-state index is 3.66. The molecule has 2 nitrogen and oxygen atoms in total. The molecule has 3 aliphatic rings. The van der Waals surface area contributed by atoms with Gasteiger partial charge in [0, 0.05) is 18.6 Å². The van der Waals surface area contributed by atoms with Crippen molar-refractivity contribution in [1.29, 1.82) is 0 Å². The monoisotopic (exact) mass is 222 g/mol. The summed E-state index contributed by atoms with van der Waals surface area (Å²) in [6.45, 7) is 6.45. The molecule has 0 aromatic heterocycles. The quantitative estimate of drug-likeness (QED) is 0.732. The first kappa shape index (κ1) is 11.0. The molecule has 2 saturated heterocycles. The summed E-state index contributed by atoms with van der Waals surface area (Å²) in [6, 6.07) is 1.78. The molecule has 1 N–H and O–H groups in total. The van der Waals surface area contributed by atoms with Gasteiger partial charge < -0.3 is 5.32 Å². The standard InChI is InChI=1S/C14H26N2/c1-11-3-2-4-13(9-11)16-8-6-14-12(10-16)5-7-15-14/h11-15H,2-10H2,1H3. The highest BCUT2D eigenvalue weighted by Crippen LogP contribution is 2.32. The second-order valence-electron chi connectivity index (χ2n) is 6.32. The molecule has 92 valence electrons. The van der Waals surface area contributed by atoms with Crippen molar-refractivity contribution < 1.29 is 0 Å². The molecule has 2 heteroatoms. The second kappa shape index (κ2) is 4.66. The maximum Gasteiger partial charge on any atom is 0.0120 e. The zero-order valence-corrected chi connectivity index (χ0v) is 10.6. The van der Waals surface area contributed by atoms with Gasteiger partial charge in [-0.15, -0.1) is 0 Å². The Labute approximate surface area is 99.8 Å². The van der Waals surface area contributed by atoms with Crippen LogP contribution in [0.1, 0.15) is 45.4 Å². The van der Waals surface area contributed by atoms with Gasteiger partial charge in [-0.25, -0.2) is 0 Å². The largest absolute Gasteiger partial charge is 0.314 e. The Kier molecular flexibility index (Phi) is 3.21. The van der Waals surface area contributed by atoms with E-state index in [9.17, 15) is 0 Å². The van der Waals surface area contributed by atoms with E-state index >= 15 is 0 Å². The fourth-order valence-corrected chi connectivity index (χ4v) is 4.14. The van der Waals surface area contributed by atoms with Gasteiger partial charge in [0.05, 0.1) is 0 Å². The molecule has 0 spiro atoms. The van der Waals surface area contributed by atoms with E-state index in [0.717, 1.165) is 23.9 Å². The first-order chi connectivity index (χ1) is 7.83. The fourth-order valence-electron chi connectivity index (χ4n) is 4.14. The van der Waals surface area contributed by atoms with Crippen molar-refractivity contribution in [2.75, 3.05) is 19.6 Å². The van der Waals surface area contributed by atoms with Crippen LogP contribution in [0.4, 0.5) is 0 Å². The molecule has 16 heavy (non-hydrogen) atoms. The normalized spacial score (nSPS) is 45.6. The third kappa shape index (κ3) is 2.14. The van der Waals surface area contributed by atoms with Gasteiger partial charge in [-0.2, -0.15) is 0 Å². The summed E-state index contributed by atoms with van der Waals surface area (Å²) in [5, 5.41) is 3.66. The van der Waals surface area contributed by atoms with Crippen molar-refractivity contribution in [2.24, 2.45) is 11.8 Å². The summed E-state index contributed by atoms with van der Waals surface area (Å²) in [6.07, 6.45) is 8.69. The molecule has 4 atom stereocenters. The van der Waals surface area contributed by atoms with E-state index in [2.05, 4.69) is 17.1 Å². The van der Waals surface area contributed by atoms with Crippen LogP contribution in [0.15, 0.2) is 0 Å². The van der Waals surface area contributed by atoms with Crippen LogP contribution in [0.25, 0.3) is 0 Å². The van der Waals surface area contributed by atoms with Crippen LogP contribution in [0.3, 0.4) is 0 Å². The Bertz CT molecular complexity index is 241. The van der Waals surface area contributed by atoms with Crippen LogP contribution >= 0.6 is 0 Å². The smallest absolute Gasteiger partial charge is 0.0120 e. The third-order valence-electron chi connectivity index (χ3n) is 5.11. The molecule has 0 amide bonds. The molecular weight excluding hydrogens is 196 g/mol. The van der Waals surface area contributed by atoms with Crippen LogP contribution in [0.5, 0.6) is 0 Å². The first-order valence-corrected chi connectivity index (χ1v) is 7.30. The van der Waals surface area contributed by atoms with Gasteiger partial charge in [-0.1, -0.05) is 19.8 Å². The van der Waals surface area contributed by atoms with Crippen molar-refractivity contribution in [3.63, 3.8) is 0 Å². The first-order valence-electron chi connectivity index (χ1n) is 7.30. The summed E-state index contributed by atoms with van der Waals surface area (Å²) in [4.78, 5) is 2.82. The van der Waals surface area contributed by atoms with E-state index in [1.807, 2.05) is 0 Å². The van der Waals surface area contributed by atoms with Crippen LogP contribution in [0, 0.1) is 11.8 Å². The topological polar surface area (TPSA) is 15.3 Å². The third-order valence-corrected chi connectivity index (χ3v) is 5.11. The van der Waals surface area contributed by atoms with Crippen molar-refractivity contribution in [1.82, 2.24) is 10.2 Å². The summed E-state index contributed by atoms with van der Waals surface area (Å²) < 4.78 is 0. The molecule has 3 rings (SSSR count). The lowest BCUT2D eigenvalue weighted by atomic mass is 9.84. The van der Waals surface area contributed by atoms with E-state index in [0.29, 0.717) is 0 Å². The Morgan fingerprint density at radius 1 is 1.12 bits per heavy atom. The maximum absolute atomic E-state index is 3.66. The number of hydrogen-bond acceptors (Lipinski definition) is 2. The highest BCUT2D eigenvalue weighted by atomic mass is 15.2. The fraction of sp³-hybridized carbons (Fsp3) is 1.00. The van der Waals surface area contributed by atoms with E-state index in [1.165, 1.54) is 58.2 Å². The summed E-state index contributed by atoms with van der Waals surface area (Å²) >= 11 is 0. The minimum absolute atomic E-state index is 0.859. The molecule has 1 aliphatic carbocycles. The number of piperidine rings is 1. The molecule has 0 aromatic rings. The lowest BCUT2D eigenvalue weighted by Crippen LogP contribution is -2.49. The molecule has 2 heterocycles. The molecule has 4 unspecified atom stereocenters. The lowest BCUT2D eigenvalue weighted by Gasteiger charge is -2.42. The Morgan fingerprint density at radius 2 is 2.06 bits per heavy atom. The van der Waals surface area contributed by atoms with Crippen molar-refractivity contribution in [3.05, 3.63) is 0 Å². The molecule has 3 fully saturated rings. The van der Waals surface area contributed by atoms with Gasteiger partial charge in [0.25, 0.3) is 0 Å². The van der Waals surface area contributed by atoms with Gasteiger partial charge in [0.15, 0.2) is 0 Å². The molecule has 1 saturated carbocycles. The van der Waals surface area contributed by atoms with Crippen molar-refractivity contribution in [2.45, 2.75) is 57.5 Å². The predicted molar refractivity (Wildman–Crippen MR) is 67.5 cm³/mol. The van der Waals surface area contributed by atoms with Gasteiger partial charge in [0.1, 0.15) is 0 Å². The number of nitrogens with zero attached hydrogens (tertiary/aromatic N) is 1. The minimum atomic E-state index is 0.859. The number of nitrogens with one attached hydrogen (secondary N) is 1. The Morgan fingerprint density at radius 3 is 2.94 bits per heavy atom. The van der Waals surface area contributed by atoms with E-state index in [1.54, 1.807) is 0 Å². The van der Waals surface area contributed by atoms with Gasteiger partial charge in [-0.05, 0) is 50.6 Å². The zero-order valence-electron chi connectivity index (χ0n) is 10.6. The molecule has 0 bridgehead atoms. The number of likely N-dealkylation sites (tertiary alicyclic amines) is 1. The van der Waals surface area contributed by atoms with Crippen molar-refractivity contribution >= 4 is 0 Å². The van der Waals surface area contributed by atoms with E-state index in [-0.39, 0.29) is 0 Å². The van der Waals surface area contributed by atoms with Crippen LogP contribution in [0.2, 0.25) is 0 Å². The highest BCUT2D eigenvalue weighted by Gasteiger charge is 2.35. The Hall–Kier alpha value is -0.0800. The van der Waals surface area contributed by atoms with Gasteiger partial charge in [-0.3, -0.25) is 4.90 Å². The average molecular weight is 222 g/mol. The second-order valence-corrected chi connectivity index (χ2v) is 6.32. The number of fused-ring (bicyclic) bond motifs is 1. The van der Waals surface area contributed by atoms with Crippen molar-refractivity contribution in [3.8, 4) is 0 Å². The Balaban J connectivity index is 1.58.